The summed E-state index contributed by atoms with van der Waals surface area (Å²) in [6, 6.07) is 11.8. The van der Waals surface area contributed by atoms with E-state index in [-0.39, 0.29) is 21.9 Å². The van der Waals surface area contributed by atoms with E-state index >= 15 is 0 Å². The van der Waals surface area contributed by atoms with Crippen LogP contribution in [0, 0.1) is 6.92 Å². The van der Waals surface area contributed by atoms with Gasteiger partial charge in [-0.05, 0) is 37.1 Å². The Morgan fingerprint density at radius 2 is 1.93 bits per heavy atom. The minimum Gasteiger partial charge on any atom is -0.507 e. The number of hydrogen-bond acceptors (Lipinski definition) is 4. The van der Waals surface area contributed by atoms with Crippen molar-refractivity contribution in [1.29, 1.82) is 0 Å². The molecule has 0 spiro atoms. The summed E-state index contributed by atoms with van der Waals surface area (Å²) in [6.07, 6.45) is 2.73. The molecule has 0 aliphatic carbocycles. The number of nitrogens with zero attached hydrogens (tertiary/aromatic N) is 1. The maximum absolute atomic E-state index is 13.0. The number of hydrogen-bond donors (Lipinski definition) is 1. The van der Waals surface area contributed by atoms with Gasteiger partial charge in [0.2, 0.25) is 0 Å². The molecule has 2 aromatic rings. The van der Waals surface area contributed by atoms with E-state index in [0.29, 0.717) is 12.3 Å². The molecular formula is C24H26ClNO4. The van der Waals surface area contributed by atoms with Crippen LogP contribution >= 0.6 is 11.6 Å². The quantitative estimate of drug-likeness (QED) is 0.283. The molecule has 1 atom stereocenters. The number of aliphatic hydroxyl groups is 1. The Balaban J connectivity index is 2.18. The average molecular weight is 428 g/mol. The number of ketones is 1. The zero-order valence-corrected chi connectivity index (χ0v) is 18.2. The first-order chi connectivity index (χ1) is 14.4. The molecule has 3 rings (SSSR count). The smallest absolute Gasteiger partial charge is 0.295 e. The van der Waals surface area contributed by atoms with Gasteiger partial charge >= 0.3 is 0 Å². The fourth-order valence-corrected chi connectivity index (χ4v) is 3.99. The molecule has 1 aliphatic rings. The highest BCUT2D eigenvalue weighted by molar-refractivity contribution is 6.47. The Hall–Kier alpha value is -2.79. The molecule has 1 saturated heterocycles. The van der Waals surface area contributed by atoms with E-state index in [1.165, 1.54) is 7.11 Å². The monoisotopic (exact) mass is 427 g/mol. The third kappa shape index (κ3) is 4.21. The third-order valence-electron chi connectivity index (χ3n) is 5.33. The van der Waals surface area contributed by atoms with E-state index in [9.17, 15) is 14.7 Å². The molecule has 1 N–H and O–H groups in total. The molecule has 6 heteroatoms. The van der Waals surface area contributed by atoms with Crippen molar-refractivity contribution in [3.63, 3.8) is 0 Å². The predicted octanol–water partition coefficient (Wildman–Crippen LogP) is 5.27. The van der Waals surface area contributed by atoms with Crippen LogP contribution in [-0.2, 0) is 9.59 Å². The van der Waals surface area contributed by atoms with E-state index < -0.39 is 17.7 Å². The Kier molecular flexibility index (Phi) is 6.83. The average Bonchev–Trinajstić information content (AvgIpc) is 2.99. The van der Waals surface area contributed by atoms with Gasteiger partial charge in [0.1, 0.15) is 11.5 Å². The van der Waals surface area contributed by atoms with Crippen molar-refractivity contribution in [2.24, 2.45) is 0 Å². The molecule has 1 unspecified atom stereocenters. The molecule has 0 radical (unpaired) electrons. The molecule has 2 aromatic carbocycles. The maximum Gasteiger partial charge on any atom is 0.295 e. The summed E-state index contributed by atoms with van der Waals surface area (Å²) in [5.41, 5.74) is 2.11. The Morgan fingerprint density at radius 3 is 2.60 bits per heavy atom. The summed E-state index contributed by atoms with van der Waals surface area (Å²) in [5.74, 6) is -1.10. The van der Waals surface area contributed by atoms with Crippen molar-refractivity contribution in [3.8, 4) is 5.75 Å². The minimum absolute atomic E-state index is 0.0530. The number of unbranched alkanes of at least 4 members (excludes halogenated alkanes) is 2. The largest absolute Gasteiger partial charge is 0.507 e. The second-order valence-corrected chi connectivity index (χ2v) is 7.87. The molecule has 1 amide bonds. The highest BCUT2D eigenvalue weighted by Gasteiger charge is 2.46. The standard InChI is InChI=1S/C24H26ClNO4/c1-4-5-6-12-26-21(16-9-7-8-15(2)13-16)20(23(28)24(26)29)22(27)18-14-17(30-3)10-11-19(18)25/h7-11,13-14,21,27H,4-6,12H2,1-3H3/b22-20+. The molecule has 0 saturated carbocycles. The van der Waals surface area contributed by atoms with E-state index in [1.54, 1.807) is 23.1 Å². The number of amides is 1. The van der Waals surface area contributed by atoms with Gasteiger partial charge in [0.05, 0.1) is 23.7 Å². The zero-order valence-electron chi connectivity index (χ0n) is 17.4. The van der Waals surface area contributed by atoms with Gasteiger partial charge in [-0.1, -0.05) is 61.2 Å². The van der Waals surface area contributed by atoms with Gasteiger partial charge in [-0.25, -0.2) is 0 Å². The van der Waals surface area contributed by atoms with Gasteiger partial charge < -0.3 is 14.7 Å². The van der Waals surface area contributed by atoms with E-state index in [2.05, 4.69) is 6.92 Å². The van der Waals surface area contributed by atoms with Crippen molar-refractivity contribution in [2.45, 2.75) is 39.2 Å². The van der Waals surface area contributed by atoms with Crippen molar-refractivity contribution in [2.75, 3.05) is 13.7 Å². The number of carbonyl (C=O) groups is 2. The molecule has 0 bridgehead atoms. The number of methoxy groups -OCH3 is 1. The first kappa shape index (κ1) is 21.9. The van der Waals surface area contributed by atoms with Gasteiger partial charge in [0.15, 0.2) is 0 Å². The first-order valence-electron chi connectivity index (χ1n) is 10.1. The summed E-state index contributed by atoms with van der Waals surface area (Å²) in [5, 5.41) is 11.4. The number of aliphatic hydroxyl groups excluding tert-OH is 1. The Labute approximate surface area is 181 Å². The molecule has 1 aliphatic heterocycles. The van der Waals surface area contributed by atoms with Gasteiger partial charge in [-0.3, -0.25) is 9.59 Å². The van der Waals surface area contributed by atoms with Gasteiger partial charge in [-0.2, -0.15) is 0 Å². The second kappa shape index (κ2) is 9.35. The number of halogens is 1. The number of carbonyl (C=O) groups excluding carboxylic acids is 2. The zero-order chi connectivity index (χ0) is 21.8. The normalized spacial score (nSPS) is 18.1. The number of likely N-dealkylation sites (tertiary alicyclic amines) is 1. The number of ether oxygens (including phenoxy) is 1. The van der Waals surface area contributed by atoms with Crippen LogP contribution in [0.5, 0.6) is 5.75 Å². The lowest BCUT2D eigenvalue weighted by Gasteiger charge is -2.25. The number of aryl methyl sites for hydroxylation is 1. The summed E-state index contributed by atoms with van der Waals surface area (Å²) in [4.78, 5) is 27.5. The SMILES string of the molecule is CCCCCN1C(=O)C(=O)/C(=C(/O)c2cc(OC)ccc2Cl)C1c1cccc(C)c1. The topological polar surface area (TPSA) is 66.8 Å². The minimum atomic E-state index is -0.700. The predicted molar refractivity (Wildman–Crippen MR) is 118 cm³/mol. The molecule has 0 aromatic heterocycles. The fraction of sp³-hybridized carbons (Fsp3) is 0.333. The molecule has 5 nitrogen and oxygen atoms in total. The summed E-state index contributed by atoms with van der Waals surface area (Å²) >= 11 is 6.31. The van der Waals surface area contributed by atoms with Crippen LogP contribution in [0.3, 0.4) is 0 Å². The first-order valence-corrected chi connectivity index (χ1v) is 10.5. The van der Waals surface area contributed by atoms with Crippen LogP contribution in [0.25, 0.3) is 5.76 Å². The molecule has 30 heavy (non-hydrogen) atoms. The molecule has 158 valence electrons. The molecule has 1 fully saturated rings. The third-order valence-corrected chi connectivity index (χ3v) is 5.66. The molecular weight excluding hydrogens is 402 g/mol. The second-order valence-electron chi connectivity index (χ2n) is 7.46. The van der Waals surface area contributed by atoms with Crippen molar-refractivity contribution >= 4 is 29.1 Å². The van der Waals surface area contributed by atoms with Crippen molar-refractivity contribution < 1.29 is 19.4 Å². The van der Waals surface area contributed by atoms with Crippen LogP contribution in [0.15, 0.2) is 48.0 Å². The Morgan fingerprint density at radius 1 is 1.17 bits per heavy atom. The fourth-order valence-electron chi connectivity index (χ4n) is 3.79. The maximum atomic E-state index is 13.0. The number of benzene rings is 2. The van der Waals surface area contributed by atoms with Crippen molar-refractivity contribution in [1.82, 2.24) is 4.90 Å². The summed E-state index contributed by atoms with van der Waals surface area (Å²) in [6.45, 7) is 4.47. The summed E-state index contributed by atoms with van der Waals surface area (Å²) < 4.78 is 5.23. The van der Waals surface area contributed by atoms with Gasteiger partial charge in [-0.15, -0.1) is 0 Å². The van der Waals surface area contributed by atoms with Gasteiger partial charge in [0, 0.05) is 12.1 Å². The van der Waals surface area contributed by atoms with E-state index in [0.717, 1.165) is 30.4 Å². The summed E-state index contributed by atoms with van der Waals surface area (Å²) in [7, 11) is 1.51. The lowest BCUT2D eigenvalue weighted by Crippen LogP contribution is -2.30. The lowest BCUT2D eigenvalue weighted by molar-refractivity contribution is -0.139. The number of Topliss-reactive ketones (excluding diaryl/α,β-unsaturated/α-hetero) is 1. The Bertz CT molecular complexity index is 998. The van der Waals surface area contributed by atoms with E-state index in [1.807, 2.05) is 31.2 Å². The van der Waals surface area contributed by atoms with Crippen LogP contribution in [0.1, 0.15) is 48.9 Å². The van der Waals surface area contributed by atoms with Crippen LogP contribution in [0.2, 0.25) is 5.02 Å². The molecule has 1 heterocycles. The lowest BCUT2D eigenvalue weighted by atomic mass is 9.94. The highest BCUT2D eigenvalue weighted by atomic mass is 35.5. The van der Waals surface area contributed by atoms with Crippen LogP contribution in [-0.4, -0.2) is 35.4 Å². The van der Waals surface area contributed by atoms with Crippen molar-refractivity contribution in [3.05, 3.63) is 69.8 Å². The van der Waals surface area contributed by atoms with Crippen LogP contribution in [0.4, 0.5) is 0 Å². The van der Waals surface area contributed by atoms with Gasteiger partial charge in [0.25, 0.3) is 11.7 Å². The van der Waals surface area contributed by atoms with E-state index in [4.69, 9.17) is 16.3 Å². The number of rotatable bonds is 7. The van der Waals surface area contributed by atoms with Crippen LogP contribution < -0.4 is 4.74 Å². The highest BCUT2D eigenvalue weighted by Crippen LogP contribution is 2.41.